The van der Waals surface area contributed by atoms with Crippen molar-refractivity contribution in [1.82, 2.24) is 9.88 Å². The van der Waals surface area contributed by atoms with Crippen molar-refractivity contribution in [3.63, 3.8) is 0 Å². The number of carbonyl (C=O) groups is 1. The molecule has 0 spiro atoms. The second-order valence-corrected chi connectivity index (χ2v) is 4.89. The second kappa shape index (κ2) is 7.35. The van der Waals surface area contributed by atoms with Crippen LogP contribution in [0.15, 0.2) is 34.9 Å². The Morgan fingerprint density at radius 3 is 2.83 bits per heavy atom. The van der Waals surface area contributed by atoms with Crippen LogP contribution in [0.3, 0.4) is 0 Å². The van der Waals surface area contributed by atoms with Gasteiger partial charge < -0.3 is 19.2 Å². The van der Waals surface area contributed by atoms with Crippen LogP contribution in [0.1, 0.15) is 21.9 Å². The quantitative estimate of drug-likeness (QED) is 0.870. The van der Waals surface area contributed by atoms with Crippen molar-refractivity contribution in [2.45, 2.75) is 12.8 Å². The molecular weight excluding hydrogens is 329 g/mol. The van der Waals surface area contributed by atoms with E-state index in [1.165, 1.54) is 24.1 Å². The Morgan fingerprint density at radius 2 is 2.17 bits per heavy atom. The van der Waals surface area contributed by atoms with Crippen LogP contribution in [0, 0.1) is 0 Å². The lowest BCUT2D eigenvalue weighted by atomic mass is 10.2. The van der Waals surface area contributed by atoms with Gasteiger partial charge >= 0.3 is 6.18 Å². The van der Waals surface area contributed by atoms with Crippen LogP contribution in [0.25, 0.3) is 0 Å². The van der Waals surface area contributed by atoms with Gasteiger partial charge in [0.05, 0.1) is 12.2 Å². The van der Waals surface area contributed by atoms with Crippen molar-refractivity contribution < 1.29 is 32.2 Å². The molecule has 0 radical (unpaired) electrons. The Morgan fingerprint density at radius 1 is 1.42 bits per heavy atom. The molecule has 1 heterocycles. The van der Waals surface area contributed by atoms with Crippen LogP contribution in [0.5, 0.6) is 5.75 Å². The number of rotatable bonds is 6. The number of hydrogen-bond acceptors (Lipinski definition) is 5. The van der Waals surface area contributed by atoms with E-state index < -0.39 is 17.6 Å². The van der Waals surface area contributed by atoms with Crippen molar-refractivity contribution in [3.05, 3.63) is 47.7 Å². The molecule has 0 fully saturated rings. The summed E-state index contributed by atoms with van der Waals surface area (Å²) in [7, 11) is 1.49. The molecule has 0 aliphatic rings. The number of oxazole rings is 1. The summed E-state index contributed by atoms with van der Waals surface area (Å²) < 4.78 is 48.1. The lowest BCUT2D eigenvalue weighted by Crippen LogP contribution is -2.29. The summed E-state index contributed by atoms with van der Waals surface area (Å²) >= 11 is 0. The molecule has 1 aromatic carbocycles. The average molecular weight is 344 g/mol. The number of halogens is 3. The molecule has 6 nitrogen and oxygen atoms in total. The largest absolute Gasteiger partial charge is 0.484 e. The highest BCUT2D eigenvalue weighted by atomic mass is 19.4. The van der Waals surface area contributed by atoms with E-state index in [4.69, 9.17) is 14.3 Å². The number of nitrogens with zero attached hydrogens (tertiary/aromatic N) is 2. The molecular formula is C15H15F3N2O4. The van der Waals surface area contributed by atoms with Gasteiger partial charge in [-0.1, -0.05) is 6.07 Å². The summed E-state index contributed by atoms with van der Waals surface area (Å²) in [5.74, 6) is -0.389. The third-order valence-corrected chi connectivity index (χ3v) is 3.08. The average Bonchev–Trinajstić information content (AvgIpc) is 3.01. The number of carbonyl (C=O) groups excluding carboxylic acids is 1. The molecule has 24 heavy (non-hydrogen) atoms. The van der Waals surface area contributed by atoms with Gasteiger partial charge in [-0.3, -0.25) is 4.79 Å². The molecule has 0 saturated heterocycles. The number of aromatic nitrogens is 1. The van der Waals surface area contributed by atoms with Gasteiger partial charge in [0.2, 0.25) is 5.89 Å². The van der Waals surface area contributed by atoms with Crippen LogP contribution in [-0.2, 0) is 12.8 Å². The van der Waals surface area contributed by atoms with E-state index in [2.05, 4.69) is 4.98 Å². The maximum absolute atomic E-state index is 12.6. The predicted molar refractivity (Wildman–Crippen MR) is 76.3 cm³/mol. The standard InChI is InChI=1S/C15H15F3N2O4/c1-20(5-6-21)14(22)12-8-24-13(19-12)9-23-11-4-2-3-10(7-11)15(16,17)18/h2-4,7-8,21H,5-6,9H2,1H3. The van der Waals surface area contributed by atoms with E-state index in [-0.39, 0.29) is 37.1 Å². The van der Waals surface area contributed by atoms with Gasteiger partial charge in [0.1, 0.15) is 12.0 Å². The molecule has 1 aromatic heterocycles. The van der Waals surface area contributed by atoms with Gasteiger partial charge in [0.15, 0.2) is 12.3 Å². The minimum atomic E-state index is -4.46. The van der Waals surface area contributed by atoms with Gasteiger partial charge in [0, 0.05) is 13.6 Å². The van der Waals surface area contributed by atoms with Gasteiger partial charge in [-0.05, 0) is 18.2 Å². The SMILES string of the molecule is CN(CCO)C(=O)c1coc(COc2cccc(C(F)(F)F)c2)n1. The second-order valence-electron chi connectivity index (χ2n) is 4.89. The van der Waals surface area contributed by atoms with Crippen LogP contribution in [-0.4, -0.2) is 41.1 Å². The fourth-order valence-corrected chi connectivity index (χ4v) is 1.83. The van der Waals surface area contributed by atoms with Crippen molar-refractivity contribution in [3.8, 4) is 5.75 Å². The number of benzene rings is 1. The van der Waals surface area contributed by atoms with E-state index in [0.29, 0.717) is 0 Å². The molecule has 2 aromatic rings. The molecule has 0 aliphatic heterocycles. The number of amides is 1. The Bertz CT molecular complexity index is 700. The molecule has 9 heteroatoms. The first-order chi connectivity index (χ1) is 11.3. The van der Waals surface area contributed by atoms with Crippen LogP contribution in [0.2, 0.25) is 0 Å². The number of hydrogen-bond donors (Lipinski definition) is 1. The Balaban J connectivity index is 2.00. The molecule has 0 aliphatic carbocycles. The molecule has 0 saturated carbocycles. The van der Waals surface area contributed by atoms with Crippen molar-refractivity contribution in [1.29, 1.82) is 0 Å². The smallest absolute Gasteiger partial charge is 0.416 e. The summed E-state index contributed by atoms with van der Waals surface area (Å²) in [5.41, 5.74) is -0.803. The Labute approximate surface area is 135 Å². The molecule has 0 unspecified atom stereocenters. The van der Waals surface area contributed by atoms with E-state index in [1.54, 1.807) is 0 Å². The zero-order chi connectivity index (χ0) is 17.7. The first kappa shape index (κ1) is 17.8. The minimum Gasteiger partial charge on any atom is -0.484 e. The highest BCUT2D eigenvalue weighted by molar-refractivity contribution is 5.91. The van der Waals surface area contributed by atoms with Crippen molar-refractivity contribution >= 4 is 5.91 Å². The monoisotopic (exact) mass is 344 g/mol. The van der Waals surface area contributed by atoms with Crippen LogP contribution >= 0.6 is 0 Å². The number of ether oxygens (including phenoxy) is 1. The lowest BCUT2D eigenvalue weighted by molar-refractivity contribution is -0.137. The fraction of sp³-hybridized carbons (Fsp3) is 0.333. The summed E-state index contributed by atoms with van der Waals surface area (Å²) in [6, 6.07) is 4.40. The summed E-state index contributed by atoms with van der Waals surface area (Å²) in [6.07, 6.45) is -3.33. The predicted octanol–water partition coefficient (Wildman–Crippen LogP) is 2.34. The van der Waals surface area contributed by atoms with Crippen LogP contribution in [0.4, 0.5) is 13.2 Å². The number of aliphatic hydroxyl groups is 1. The van der Waals surface area contributed by atoms with Gasteiger partial charge in [0.25, 0.3) is 5.91 Å². The van der Waals surface area contributed by atoms with Gasteiger partial charge in [-0.2, -0.15) is 13.2 Å². The Kier molecular flexibility index (Phi) is 5.45. The van der Waals surface area contributed by atoms with Gasteiger partial charge in [-0.25, -0.2) is 4.98 Å². The zero-order valence-corrected chi connectivity index (χ0v) is 12.7. The highest BCUT2D eigenvalue weighted by Gasteiger charge is 2.30. The highest BCUT2D eigenvalue weighted by Crippen LogP contribution is 2.31. The first-order valence-electron chi connectivity index (χ1n) is 6.92. The summed E-state index contributed by atoms with van der Waals surface area (Å²) in [4.78, 5) is 17.1. The van der Waals surface area contributed by atoms with E-state index in [0.717, 1.165) is 18.4 Å². The first-order valence-corrected chi connectivity index (χ1v) is 6.92. The van der Waals surface area contributed by atoms with E-state index in [9.17, 15) is 18.0 Å². The third kappa shape index (κ3) is 4.48. The van der Waals surface area contributed by atoms with Crippen molar-refractivity contribution in [2.75, 3.05) is 20.2 Å². The molecule has 1 amide bonds. The zero-order valence-electron chi connectivity index (χ0n) is 12.7. The normalized spacial score (nSPS) is 11.4. The van der Waals surface area contributed by atoms with Gasteiger partial charge in [-0.15, -0.1) is 0 Å². The summed E-state index contributed by atoms with van der Waals surface area (Å²) in [6.45, 7) is -0.272. The number of aliphatic hydroxyl groups excluding tert-OH is 1. The minimum absolute atomic E-state index is 0.00769. The maximum Gasteiger partial charge on any atom is 0.416 e. The molecule has 130 valence electrons. The topological polar surface area (TPSA) is 75.8 Å². The summed E-state index contributed by atoms with van der Waals surface area (Å²) in [5, 5.41) is 8.79. The molecule has 2 rings (SSSR count). The Hall–Kier alpha value is -2.55. The van der Waals surface area contributed by atoms with Crippen molar-refractivity contribution in [2.24, 2.45) is 0 Å². The number of likely N-dealkylation sites (N-methyl/N-ethyl adjacent to an activating group) is 1. The number of alkyl halides is 3. The molecule has 0 bridgehead atoms. The third-order valence-electron chi connectivity index (χ3n) is 3.08. The molecule has 1 N–H and O–H groups in total. The van der Waals surface area contributed by atoms with E-state index in [1.807, 2.05) is 0 Å². The van der Waals surface area contributed by atoms with Crippen LogP contribution < -0.4 is 4.74 Å². The van der Waals surface area contributed by atoms with E-state index >= 15 is 0 Å². The lowest BCUT2D eigenvalue weighted by Gasteiger charge is -2.13. The maximum atomic E-state index is 12.6. The molecule has 0 atom stereocenters. The fourth-order valence-electron chi connectivity index (χ4n) is 1.83.